The number of amides is 4. The van der Waals surface area contributed by atoms with Gasteiger partial charge in [-0.25, -0.2) is 4.79 Å². The highest BCUT2D eigenvalue weighted by molar-refractivity contribution is 6.37. The third-order valence-electron chi connectivity index (χ3n) is 6.16. The number of nitrogens with one attached hydrogen (secondary N) is 1. The summed E-state index contributed by atoms with van der Waals surface area (Å²) in [6.07, 6.45) is 2.09. The van der Waals surface area contributed by atoms with Crippen LogP contribution >= 0.6 is 23.2 Å². The van der Waals surface area contributed by atoms with Gasteiger partial charge in [0.1, 0.15) is 12.2 Å². The smallest absolute Gasteiger partial charge is 0.331 e. The highest BCUT2D eigenvalue weighted by Gasteiger charge is 2.36. The van der Waals surface area contributed by atoms with Gasteiger partial charge in [0, 0.05) is 12.1 Å². The van der Waals surface area contributed by atoms with Gasteiger partial charge in [-0.1, -0.05) is 36.2 Å². The predicted molar refractivity (Wildman–Crippen MR) is 159 cm³/mol. The average molecular weight is 628 g/mol. The molecule has 0 atom stereocenters. The molecule has 4 amide bonds. The van der Waals surface area contributed by atoms with Gasteiger partial charge in [0.15, 0.2) is 17.2 Å². The van der Waals surface area contributed by atoms with Gasteiger partial charge >= 0.3 is 6.03 Å². The molecule has 4 rings (SSSR count). The van der Waals surface area contributed by atoms with Crippen molar-refractivity contribution in [1.29, 1.82) is 0 Å². The molecule has 1 heterocycles. The number of carbonyl (C=O) groups excluding carboxylic acids is 3. The molecule has 43 heavy (non-hydrogen) atoms. The molecule has 1 aliphatic heterocycles. The van der Waals surface area contributed by atoms with E-state index in [-0.39, 0.29) is 40.2 Å². The third kappa shape index (κ3) is 7.62. The van der Waals surface area contributed by atoms with Crippen LogP contribution in [0.3, 0.4) is 0 Å². The van der Waals surface area contributed by atoms with E-state index in [0.29, 0.717) is 41.4 Å². The van der Waals surface area contributed by atoms with Gasteiger partial charge in [-0.3, -0.25) is 29.9 Å². The number of barbiturate groups is 1. The van der Waals surface area contributed by atoms with Gasteiger partial charge < -0.3 is 14.2 Å². The first kappa shape index (κ1) is 31.3. The number of nitro benzene ring substituents is 1. The second-order valence-corrected chi connectivity index (χ2v) is 10.1. The number of carbonyl (C=O) groups is 3. The molecule has 0 saturated carbocycles. The summed E-state index contributed by atoms with van der Waals surface area (Å²) in [7, 11) is 0. The minimum Gasteiger partial charge on any atom is -0.490 e. The molecule has 3 aromatic rings. The van der Waals surface area contributed by atoms with Crippen molar-refractivity contribution in [2.45, 2.75) is 33.4 Å². The van der Waals surface area contributed by atoms with E-state index in [1.807, 2.05) is 13.8 Å². The molecule has 1 N–H and O–H groups in total. The van der Waals surface area contributed by atoms with E-state index in [1.165, 1.54) is 30.3 Å². The minimum atomic E-state index is -0.865. The molecular weight excluding hydrogens is 601 g/mol. The lowest BCUT2D eigenvalue weighted by molar-refractivity contribution is -0.384. The van der Waals surface area contributed by atoms with E-state index in [2.05, 4.69) is 5.32 Å². The fourth-order valence-electron chi connectivity index (χ4n) is 4.11. The van der Waals surface area contributed by atoms with Crippen molar-refractivity contribution < 1.29 is 33.5 Å². The normalized spacial score (nSPS) is 14.1. The first-order valence-corrected chi connectivity index (χ1v) is 14.0. The Kier molecular flexibility index (Phi) is 10.2. The lowest BCUT2D eigenvalue weighted by atomic mass is 10.1. The van der Waals surface area contributed by atoms with Crippen LogP contribution in [-0.2, 0) is 22.7 Å². The molecule has 11 nitrogen and oxygen atoms in total. The first-order chi connectivity index (χ1) is 20.6. The van der Waals surface area contributed by atoms with Crippen molar-refractivity contribution in [2.24, 2.45) is 0 Å². The molecule has 0 radical (unpaired) electrons. The maximum absolute atomic E-state index is 13.3. The second-order valence-electron chi connectivity index (χ2n) is 9.30. The number of rotatable bonds is 12. The Balaban J connectivity index is 1.52. The lowest BCUT2D eigenvalue weighted by Gasteiger charge is -2.26. The zero-order valence-electron chi connectivity index (χ0n) is 23.2. The molecule has 0 spiro atoms. The quantitative estimate of drug-likeness (QED) is 0.106. The molecule has 13 heteroatoms. The number of halogens is 2. The first-order valence-electron chi connectivity index (χ1n) is 13.2. The largest absolute Gasteiger partial charge is 0.490 e. The van der Waals surface area contributed by atoms with E-state index >= 15 is 0 Å². The van der Waals surface area contributed by atoms with Crippen molar-refractivity contribution in [3.63, 3.8) is 0 Å². The standard InChI is InChI=1S/C30H27Cl2N3O8/c1-3-11-42-25-10-7-19(15-26(25)41-4-2)16-34-29(37)22(28(36)33-30(34)38)12-20-13-23(31)27(24(32)14-20)43-17-18-5-8-21(9-6-18)35(39)40/h5-10,12-15H,3-4,11,16-17H2,1-2H3,(H,33,36,38)/b22-12+. The molecule has 0 bridgehead atoms. The van der Waals surface area contributed by atoms with Gasteiger partial charge in [0.25, 0.3) is 17.5 Å². The maximum atomic E-state index is 13.3. The van der Waals surface area contributed by atoms with Crippen molar-refractivity contribution in [2.75, 3.05) is 13.2 Å². The van der Waals surface area contributed by atoms with Gasteiger partial charge in [0.2, 0.25) is 0 Å². The van der Waals surface area contributed by atoms with E-state index in [1.54, 1.807) is 30.3 Å². The van der Waals surface area contributed by atoms with Crippen LogP contribution in [-0.4, -0.2) is 40.9 Å². The molecule has 0 aliphatic carbocycles. The summed E-state index contributed by atoms with van der Waals surface area (Å²) in [5, 5.41) is 13.2. The van der Waals surface area contributed by atoms with E-state index in [9.17, 15) is 24.5 Å². The molecule has 1 aliphatic rings. The molecule has 0 unspecified atom stereocenters. The number of non-ortho nitro benzene ring substituents is 1. The average Bonchev–Trinajstić information content (AvgIpc) is 2.97. The lowest BCUT2D eigenvalue weighted by Crippen LogP contribution is -2.53. The van der Waals surface area contributed by atoms with Gasteiger partial charge in [-0.15, -0.1) is 0 Å². The van der Waals surface area contributed by atoms with Crippen LogP contribution in [0.4, 0.5) is 10.5 Å². The molecule has 3 aromatic carbocycles. The molecular formula is C30H27Cl2N3O8. The number of benzene rings is 3. The zero-order valence-corrected chi connectivity index (χ0v) is 24.7. The van der Waals surface area contributed by atoms with Crippen LogP contribution in [0.25, 0.3) is 6.08 Å². The number of hydrogen-bond donors (Lipinski definition) is 1. The summed E-state index contributed by atoms with van der Waals surface area (Å²) < 4.78 is 17.1. The molecule has 0 aromatic heterocycles. The van der Waals surface area contributed by atoms with Crippen molar-refractivity contribution in [1.82, 2.24) is 10.2 Å². The number of imide groups is 2. The van der Waals surface area contributed by atoms with Gasteiger partial charge in [-0.2, -0.15) is 0 Å². The van der Waals surface area contributed by atoms with Crippen LogP contribution in [0.1, 0.15) is 37.0 Å². The Morgan fingerprint density at radius 3 is 2.21 bits per heavy atom. The summed E-state index contributed by atoms with van der Waals surface area (Å²) in [5.74, 6) is -0.493. The Morgan fingerprint density at radius 2 is 1.58 bits per heavy atom. The number of urea groups is 1. The van der Waals surface area contributed by atoms with E-state index in [4.69, 9.17) is 37.4 Å². The summed E-state index contributed by atoms with van der Waals surface area (Å²) in [6.45, 7) is 4.62. The Labute approximate surface area is 257 Å². The Hall–Kier alpha value is -4.61. The molecule has 1 saturated heterocycles. The summed E-state index contributed by atoms with van der Waals surface area (Å²) in [5.41, 5.74) is 1.21. The number of nitro groups is 1. The van der Waals surface area contributed by atoms with Crippen LogP contribution in [0.5, 0.6) is 17.2 Å². The van der Waals surface area contributed by atoms with Gasteiger partial charge in [-0.05, 0) is 72.5 Å². The van der Waals surface area contributed by atoms with Crippen molar-refractivity contribution in [3.05, 3.63) is 97.0 Å². The summed E-state index contributed by atoms with van der Waals surface area (Å²) in [6, 6.07) is 13.0. The maximum Gasteiger partial charge on any atom is 0.331 e. The van der Waals surface area contributed by atoms with Crippen LogP contribution < -0.4 is 19.5 Å². The highest BCUT2D eigenvalue weighted by atomic mass is 35.5. The number of ether oxygens (including phenoxy) is 3. The summed E-state index contributed by atoms with van der Waals surface area (Å²) in [4.78, 5) is 49.9. The Bertz CT molecular complexity index is 1570. The topological polar surface area (TPSA) is 137 Å². The van der Waals surface area contributed by atoms with Crippen LogP contribution in [0.2, 0.25) is 10.0 Å². The SMILES string of the molecule is CCCOc1ccc(CN2C(=O)NC(=O)/C(=C\c3cc(Cl)c(OCc4ccc([N+](=O)[O-])cc4)c(Cl)c3)C2=O)cc1OCC. The summed E-state index contributed by atoms with van der Waals surface area (Å²) >= 11 is 12.8. The number of nitrogens with zero attached hydrogens (tertiary/aromatic N) is 2. The second kappa shape index (κ2) is 14.0. The number of hydrogen-bond acceptors (Lipinski definition) is 8. The zero-order chi connectivity index (χ0) is 31.1. The fourth-order valence-corrected chi connectivity index (χ4v) is 4.72. The van der Waals surface area contributed by atoms with Crippen molar-refractivity contribution in [3.8, 4) is 17.2 Å². The highest BCUT2D eigenvalue weighted by Crippen LogP contribution is 2.36. The van der Waals surface area contributed by atoms with E-state index < -0.39 is 22.8 Å². The predicted octanol–water partition coefficient (Wildman–Crippen LogP) is 6.33. The fraction of sp³-hybridized carbons (Fsp3) is 0.233. The molecule has 1 fully saturated rings. The third-order valence-corrected chi connectivity index (χ3v) is 6.72. The minimum absolute atomic E-state index is 0.0343. The van der Waals surface area contributed by atoms with Crippen LogP contribution in [0.15, 0.2) is 60.2 Å². The molecule has 224 valence electrons. The van der Waals surface area contributed by atoms with Gasteiger partial charge in [0.05, 0.1) is 34.7 Å². The Morgan fingerprint density at radius 1 is 0.907 bits per heavy atom. The van der Waals surface area contributed by atoms with E-state index in [0.717, 1.165) is 11.3 Å². The van der Waals surface area contributed by atoms with Crippen LogP contribution in [0, 0.1) is 10.1 Å². The van der Waals surface area contributed by atoms with Crippen molar-refractivity contribution >= 4 is 52.8 Å². The monoisotopic (exact) mass is 627 g/mol.